The van der Waals surface area contributed by atoms with Gasteiger partial charge in [-0.1, -0.05) is 15.9 Å². The van der Waals surface area contributed by atoms with E-state index in [4.69, 9.17) is 9.84 Å². The van der Waals surface area contributed by atoms with E-state index in [1.165, 1.54) is 13.0 Å². The summed E-state index contributed by atoms with van der Waals surface area (Å²) in [4.78, 5) is 10.4. The van der Waals surface area contributed by atoms with Gasteiger partial charge in [-0.05, 0) is 25.1 Å². The molecule has 0 bridgehead atoms. The number of halogens is 2. The van der Waals surface area contributed by atoms with Crippen LogP contribution in [0, 0.1) is 5.82 Å². The summed E-state index contributed by atoms with van der Waals surface area (Å²) in [6.45, 7) is 1.34. The normalized spacial score (nSPS) is 12.5. The molecule has 0 unspecified atom stereocenters. The molecule has 0 aliphatic rings. The number of aliphatic carboxylic acids is 1. The van der Waals surface area contributed by atoms with Crippen LogP contribution in [0.2, 0.25) is 0 Å². The highest BCUT2D eigenvalue weighted by molar-refractivity contribution is 9.10. The molecule has 5 heteroatoms. The topological polar surface area (TPSA) is 46.5 Å². The standard InChI is InChI=1S/C10H10BrFO3/c1-6(10(13)14)15-5-7-4-8(11)2-3-9(7)12/h2-4,6H,5H2,1H3,(H,13,14)/t6-/m1/s1. The van der Waals surface area contributed by atoms with Crippen molar-refractivity contribution in [1.82, 2.24) is 0 Å². The van der Waals surface area contributed by atoms with Crippen LogP contribution in [0.15, 0.2) is 22.7 Å². The van der Waals surface area contributed by atoms with Gasteiger partial charge < -0.3 is 9.84 Å². The lowest BCUT2D eigenvalue weighted by molar-refractivity contribution is -0.149. The average Bonchev–Trinajstić information content (AvgIpc) is 2.18. The lowest BCUT2D eigenvalue weighted by atomic mass is 10.2. The number of hydrogen-bond donors (Lipinski definition) is 1. The van der Waals surface area contributed by atoms with Gasteiger partial charge in [-0.25, -0.2) is 9.18 Å². The van der Waals surface area contributed by atoms with Crippen LogP contribution in [0.25, 0.3) is 0 Å². The third-order valence-corrected chi connectivity index (χ3v) is 2.34. The van der Waals surface area contributed by atoms with E-state index >= 15 is 0 Å². The minimum atomic E-state index is -1.06. The van der Waals surface area contributed by atoms with Crippen molar-refractivity contribution in [1.29, 1.82) is 0 Å². The molecule has 0 fully saturated rings. The molecule has 15 heavy (non-hydrogen) atoms. The number of hydrogen-bond acceptors (Lipinski definition) is 2. The zero-order chi connectivity index (χ0) is 11.4. The fourth-order valence-electron chi connectivity index (χ4n) is 0.940. The summed E-state index contributed by atoms with van der Waals surface area (Å²) in [5.74, 6) is -1.47. The summed E-state index contributed by atoms with van der Waals surface area (Å²) in [6, 6.07) is 4.43. The van der Waals surface area contributed by atoms with Gasteiger partial charge in [-0.15, -0.1) is 0 Å². The lowest BCUT2D eigenvalue weighted by Crippen LogP contribution is -2.19. The Kier molecular flexibility index (Phi) is 4.23. The van der Waals surface area contributed by atoms with E-state index in [1.807, 2.05) is 0 Å². The Bertz CT molecular complexity index is 368. The summed E-state index contributed by atoms with van der Waals surface area (Å²) in [7, 11) is 0. The fraction of sp³-hybridized carbons (Fsp3) is 0.300. The fourth-order valence-corrected chi connectivity index (χ4v) is 1.35. The van der Waals surface area contributed by atoms with Crippen LogP contribution in [0.3, 0.4) is 0 Å². The molecule has 1 N–H and O–H groups in total. The van der Waals surface area contributed by atoms with E-state index in [-0.39, 0.29) is 6.61 Å². The molecule has 0 amide bonds. The molecule has 0 saturated carbocycles. The summed E-state index contributed by atoms with van der Waals surface area (Å²) in [5, 5.41) is 8.56. The smallest absolute Gasteiger partial charge is 0.332 e. The second-order valence-electron chi connectivity index (χ2n) is 3.03. The van der Waals surface area contributed by atoms with Gasteiger partial charge >= 0.3 is 5.97 Å². The van der Waals surface area contributed by atoms with Crippen LogP contribution in [0.5, 0.6) is 0 Å². The van der Waals surface area contributed by atoms with Gasteiger partial charge in [0.15, 0.2) is 6.10 Å². The number of benzene rings is 1. The van der Waals surface area contributed by atoms with Crippen molar-refractivity contribution in [3.05, 3.63) is 34.1 Å². The van der Waals surface area contributed by atoms with Crippen LogP contribution < -0.4 is 0 Å². The summed E-state index contributed by atoms with van der Waals surface area (Å²) in [6.07, 6.45) is -0.941. The molecule has 1 aromatic rings. The molecular weight excluding hydrogens is 267 g/mol. The van der Waals surface area contributed by atoms with Crippen molar-refractivity contribution in [2.24, 2.45) is 0 Å². The largest absolute Gasteiger partial charge is 0.479 e. The van der Waals surface area contributed by atoms with Crippen molar-refractivity contribution >= 4 is 21.9 Å². The van der Waals surface area contributed by atoms with Crippen molar-refractivity contribution < 1.29 is 19.0 Å². The predicted octanol–water partition coefficient (Wildman–Crippen LogP) is 2.58. The van der Waals surface area contributed by atoms with Crippen molar-refractivity contribution in [3.63, 3.8) is 0 Å². The monoisotopic (exact) mass is 276 g/mol. The maximum atomic E-state index is 13.2. The predicted molar refractivity (Wildman–Crippen MR) is 56.0 cm³/mol. The van der Waals surface area contributed by atoms with Crippen molar-refractivity contribution in [2.45, 2.75) is 19.6 Å². The Morgan fingerprint density at radius 2 is 2.33 bits per heavy atom. The van der Waals surface area contributed by atoms with Crippen LogP contribution in [0.1, 0.15) is 12.5 Å². The molecule has 0 saturated heterocycles. The molecular formula is C10H10BrFO3. The third-order valence-electron chi connectivity index (χ3n) is 1.84. The molecule has 0 heterocycles. The molecule has 0 aromatic heterocycles. The zero-order valence-corrected chi connectivity index (χ0v) is 9.62. The van der Waals surface area contributed by atoms with E-state index in [1.54, 1.807) is 12.1 Å². The van der Waals surface area contributed by atoms with Gasteiger partial charge in [0.1, 0.15) is 5.82 Å². The third kappa shape index (κ3) is 3.60. The highest BCUT2D eigenvalue weighted by Crippen LogP contribution is 2.16. The van der Waals surface area contributed by atoms with Crippen LogP contribution in [-0.4, -0.2) is 17.2 Å². The first-order valence-electron chi connectivity index (χ1n) is 4.29. The molecule has 0 spiro atoms. The highest BCUT2D eigenvalue weighted by Gasteiger charge is 2.12. The number of carboxylic acids is 1. The van der Waals surface area contributed by atoms with Crippen LogP contribution in [-0.2, 0) is 16.1 Å². The van der Waals surface area contributed by atoms with Gasteiger partial charge in [-0.3, -0.25) is 0 Å². The molecule has 0 radical (unpaired) electrons. The Morgan fingerprint density at radius 1 is 1.67 bits per heavy atom. The zero-order valence-electron chi connectivity index (χ0n) is 8.04. The first-order valence-corrected chi connectivity index (χ1v) is 5.08. The minimum absolute atomic E-state index is 0.0568. The first-order chi connectivity index (χ1) is 7.00. The number of rotatable bonds is 4. The Hall–Kier alpha value is -0.940. The maximum Gasteiger partial charge on any atom is 0.332 e. The minimum Gasteiger partial charge on any atom is -0.479 e. The van der Waals surface area contributed by atoms with Gasteiger partial charge in [0.05, 0.1) is 6.61 Å². The number of ether oxygens (including phenoxy) is 1. The highest BCUT2D eigenvalue weighted by atomic mass is 79.9. The lowest BCUT2D eigenvalue weighted by Gasteiger charge is -2.09. The molecule has 1 rings (SSSR count). The van der Waals surface area contributed by atoms with Gasteiger partial charge in [0.2, 0.25) is 0 Å². The molecule has 0 aliphatic carbocycles. The molecule has 1 atom stereocenters. The maximum absolute atomic E-state index is 13.2. The van der Waals surface area contributed by atoms with Crippen molar-refractivity contribution in [3.8, 4) is 0 Å². The molecule has 0 aliphatic heterocycles. The quantitative estimate of drug-likeness (QED) is 0.920. The average molecular weight is 277 g/mol. The summed E-state index contributed by atoms with van der Waals surface area (Å²) in [5.41, 5.74) is 0.331. The SMILES string of the molecule is C[C@@H](OCc1cc(Br)ccc1F)C(=O)O. The second kappa shape index (κ2) is 5.23. The molecule has 82 valence electrons. The molecule has 3 nitrogen and oxygen atoms in total. The van der Waals surface area contributed by atoms with E-state index in [2.05, 4.69) is 15.9 Å². The van der Waals surface area contributed by atoms with Gasteiger partial charge in [-0.2, -0.15) is 0 Å². The van der Waals surface area contributed by atoms with Gasteiger partial charge in [0.25, 0.3) is 0 Å². The van der Waals surface area contributed by atoms with E-state index in [0.29, 0.717) is 5.56 Å². The van der Waals surface area contributed by atoms with E-state index < -0.39 is 17.9 Å². The number of carbonyl (C=O) groups is 1. The van der Waals surface area contributed by atoms with E-state index in [9.17, 15) is 9.18 Å². The Morgan fingerprint density at radius 3 is 2.93 bits per heavy atom. The van der Waals surface area contributed by atoms with Crippen molar-refractivity contribution in [2.75, 3.05) is 0 Å². The Labute approximate surface area is 95.0 Å². The van der Waals surface area contributed by atoms with Gasteiger partial charge in [0, 0.05) is 10.0 Å². The summed E-state index contributed by atoms with van der Waals surface area (Å²) >= 11 is 3.19. The Balaban J connectivity index is 2.65. The van der Waals surface area contributed by atoms with E-state index in [0.717, 1.165) is 4.47 Å². The van der Waals surface area contributed by atoms with Crippen LogP contribution in [0.4, 0.5) is 4.39 Å². The van der Waals surface area contributed by atoms with Crippen LogP contribution >= 0.6 is 15.9 Å². The first kappa shape index (κ1) is 12.1. The second-order valence-corrected chi connectivity index (χ2v) is 3.94. The molecule has 1 aromatic carbocycles. The number of carboxylic acid groups (broad SMARTS) is 1. The summed E-state index contributed by atoms with van der Waals surface area (Å²) < 4.78 is 18.9.